The fourth-order valence-electron chi connectivity index (χ4n) is 8.60. The topological polar surface area (TPSA) is 161 Å². The van der Waals surface area contributed by atoms with Crippen LogP contribution < -0.4 is 10.6 Å². The Kier molecular flexibility index (Phi) is 11.6. The zero-order valence-electron chi connectivity index (χ0n) is 34.4. The highest BCUT2D eigenvalue weighted by atomic mass is 32.1. The van der Waals surface area contributed by atoms with Crippen LogP contribution in [0.25, 0.3) is 20.3 Å². The van der Waals surface area contributed by atoms with Gasteiger partial charge in [-0.25, -0.2) is 19.4 Å². The number of nitrogens with zero attached hydrogens (tertiary/aromatic N) is 1. The summed E-state index contributed by atoms with van der Waals surface area (Å²) in [5.74, 6) is -2.67. The number of ketones is 2. The van der Waals surface area contributed by atoms with Crippen LogP contribution in [-0.4, -0.2) is 46.7 Å². The highest BCUT2D eigenvalue weighted by molar-refractivity contribution is 7.18. The van der Waals surface area contributed by atoms with Crippen molar-refractivity contribution in [3.63, 3.8) is 0 Å². The van der Waals surface area contributed by atoms with Crippen LogP contribution in [-0.2, 0) is 35.3 Å². The van der Waals surface area contributed by atoms with Gasteiger partial charge in [0.05, 0.1) is 23.8 Å². The number of hydrogen-bond acceptors (Lipinski definition) is 12. The van der Waals surface area contributed by atoms with Crippen molar-refractivity contribution in [2.24, 2.45) is 11.8 Å². The Morgan fingerprint density at radius 3 is 1.87 bits per heavy atom. The van der Waals surface area contributed by atoms with Gasteiger partial charge in [-0.05, 0) is 110 Å². The quantitative estimate of drug-likeness (QED) is 0.109. The number of aromatic nitrogens is 1. The normalized spacial score (nSPS) is 19.0. The van der Waals surface area contributed by atoms with Crippen LogP contribution in [0.4, 0.5) is 0 Å². The smallest absolute Gasteiger partial charge is 0.339 e. The molecule has 61 heavy (non-hydrogen) atoms. The van der Waals surface area contributed by atoms with Crippen molar-refractivity contribution in [2.45, 2.75) is 71.8 Å². The van der Waals surface area contributed by atoms with Gasteiger partial charge in [-0.3, -0.25) is 9.59 Å². The van der Waals surface area contributed by atoms with Crippen molar-refractivity contribution < 1.29 is 38.6 Å². The lowest BCUT2D eigenvalue weighted by atomic mass is 9.78. The van der Waals surface area contributed by atoms with E-state index < -0.39 is 29.7 Å². The van der Waals surface area contributed by atoms with Gasteiger partial charge in [0.25, 0.3) is 0 Å². The van der Waals surface area contributed by atoms with Crippen molar-refractivity contribution in [1.82, 2.24) is 15.6 Å². The summed E-state index contributed by atoms with van der Waals surface area (Å²) in [5, 5.41) is 22.2. The number of methoxy groups -OCH3 is 1. The van der Waals surface area contributed by atoms with Crippen molar-refractivity contribution >= 4 is 72.5 Å². The van der Waals surface area contributed by atoms with E-state index in [0.29, 0.717) is 27.9 Å². The zero-order valence-corrected chi connectivity index (χ0v) is 36.1. The molecule has 3 aromatic heterocycles. The molecule has 0 saturated heterocycles. The number of Topliss-reactive ketones (excluding diaryl/α,β-unsaturated/α-hetero) is 2. The summed E-state index contributed by atoms with van der Waals surface area (Å²) in [6, 6.07) is 18.8. The van der Waals surface area contributed by atoms with Gasteiger partial charge < -0.3 is 25.2 Å². The van der Waals surface area contributed by atoms with Crippen LogP contribution >= 0.6 is 22.7 Å². The number of carboxylic acids is 1. The Bertz CT molecular complexity index is 2770. The number of rotatable bonds is 11. The number of aliphatic carboxylic acids is 1. The summed E-state index contributed by atoms with van der Waals surface area (Å²) in [4.78, 5) is 68.8. The Morgan fingerprint density at radius 1 is 0.705 bits per heavy atom. The van der Waals surface area contributed by atoms with E-state index in [1.165, 1.54) is 43.6 Å². The second-order valence-corrected chi connectivity index (χ2v) is 17.5. The minimum atomic E-state index is -0.964. The van der Waals surface area contributed by atoms with Crippen molar-refractivity contribution in [1.29, 1.82) is 0 Å². The first-order valence-corrected chi connectivity index (χ1v) is 22.0. The van der Waals surface area contributed by atoms with Gasteiger partial charge in [-0.15, -0.1) is 22.7 Å². The second kappa shape index (κ2) is 17.1. The van der Waals surface area contributed by atoms with Crippen LogP contribution in [0, 0.1) is 11.8 Å². The maximum atomic E-state index is 13.1. The molecule has 0 spiro atoms. The van der Waals surface area contributed by atoms with Gasteiger partial charge in [-0.2, -0.15) is 0 Å². The molecule has 13 heteroatoms. The summed E-state index contributed by atoms with van der Waals surface area (Å²) >= 11 is 2.90. The van der Waals surface area contributed by atoms with E-state index in [4.69, 9.17) is 9.47 Å². The van der Waals surface area contributed by atoms with Crippen LogP contribution in [0.2, 0.25) is 0 Å². The number of thiophene rings is 2. The number of pyridine rings is 1. The number of allylic oxidation sites excluding steroid dienone is 6. The largest absolute Gasteiger partial charge is 0.478 e. The average molecular weight is 856 g/mol. The summed E-state index contributed by atoms with van der Waals surface area (Å²) in [5.41, 5.74) is 8.02. The molecule has 312 valence electrons. The number of carbonyl (C=O) groups is 5. The fourth-order valence-corrected chi connectivity index (χ4v) is 10.6. The maximum absolute atomic E-state index is 13.1. The molecule has 9 rings (SSSR count). The van der Waals surface area contributed by atoms with Gasteiger partial charge in [0, 0.05) is 62.1 Å². The van der Waals surface area contributed by atoms with Crippen molar-refractivity contribution in [3.05, 3.63) is 145 Å². The van der Waals surface area contributed by atoms with Gasteiger partial charge in [-0.1, -0.05) is 48.5 Å². The molecule has 2 fully saturated rings. The molecule has 0 bridgehead atoms. The molecule has 11 nitrogen and oxygen atoms in total. The Balaban J connectivity index is 0.000000180. The molecule has 2 aliphatic heterocycles. The van der Waals surface area contributed by atoms with Gasteiger partial charge in [0.2, 0.25) is 0 Å². The average Bonchev–Trinajstić information content (AvgIpc) is 4.19. The number of hydrogen-bond donors (Lipinski definition) is 3. The lowest BCUT2D eigenvalue weighted by molar-refractivity contribution is -0.136. The number of nitrogens with one attached hydrogen (secondary N) is 2. The third kappa shape index (κ3) is 8.07. The molecule has 2 unspecified atom stereocenters. The van der Waals surface area contributed by atoms with Gasteiger partial charge in [0.1, 0.15) is 11.4 Å². The van der Waals surface area contributed by atoms with Gasteiger partial charge >= 0.3 is 17.9 Å². The van der Waals surface area contributed by atoms with Crippen LogP contribution in [0.15, 0.2) is 123 Å². The zero-order chi connectivity index (χ0) is 43.1. The standard InChI is InChI=1S/C29H27NO5S.C19H18N2O3S/c1-16-23(17(2)31)24(25(29(33)34-3)26(30-16)19-12-13-19)22-15-36-27-20(22)10-7-11-21(27)28(32)35-14-18-8-5-4-6-9-18;1-9-14(10(2)22)15(13-8-25-18-12(13)4-3-7-20-18)16(19(23)24)17(21-9)11-5-6-11/h4-11,15,19,24,30H,12-14H2,1-3H3;3-4,7-8,11,15,21H,5-6H2,1-2H3,(H,23,24). The molecule has 2 aliphatic carbocycles. The van der Waals surface area contributed by atoms with E-state index in [9.17, 15) is 29.1 Å². The summed E-state index contributed by atoms with van der Waals surface area (Å²) in [6.45, 7) is 6.94. The SMILES string of the molecule is CC(=O)C1=C(C)NC(C2CC2)=C(C(=O)O)C1c1csc2ncccc12.COC(=O)C1=C(C2CC2)NC(C)=C(C(C)=O)C1c1csc2c(C(=O)OCc3ccccc3)cccc12. The second-order valence-electron chi connectivity index (χ2n) is 15.8. The lowest BCUT2D eigenvalue weighted by Gasteiger charge is -2.31. The molecular formula is C48H45N3O8S2. The summed E-state index contributed by atoms with van der Waals surface area (Å²) in [6.07, 6.45) is 5.67. The Hall–Kier alpha value is -6.18. The number of fused-ring (bicyclic) bond motifs is 2. The number of carbonyl (C=O) groups excluding carboxylic acids is 4. The molecule has 0 radical (unpaired) electrons. The minimum Gasteiger partial charge on any atom is -0.478 e. The first-order chi connectivity index (χ1) is 29.4. The summed E-state index contributed by atoms with van der Waals surface area (Å²) in [7, 11) is 1.36. The van der Waals surface area contributed by atoms with E-state index in [2.05, 4.69) is 15.6 Å². The van der Waals surface area contributed by atoms with Crippen LogP contribution in [0.5, 0.6) is 0 Å². The Labute approximate surface area is 360 Å². The van der Waals surface area contributed by atoms with E-state index >= 15 is 0 Å². The van der Waals surface area contributed by atoms with Gasteiger partial charge in [0.15, 0.2) is 11.6 Å². The van der Waals surface area contributed by atoms with Crippen molar-refractivity contribution in [2.75, 3.05) is 7.11 Å². The monoisotopic (exact) mass is 855 g/mol. The molecule has 3 N–H and O–H groups in total. The molecule has 4 aliphatic rings. The molecule has 0 amide bonds. The third-order valence-electron chi connectivity index (χ3n) is 11.6. The highest BCUT2D eigenvalue weighted by Crippen LogP contribution is 2.50. The van der Waals surface area contributed by atoms with Crippen LogP contribution in [0.1, 0.15) is 92.3 Å². The van der Waals surface area contributed by atoms with Crippen molar-refractivity contribution in [3.8, 4) is 0 Å². The molecule has 2 aromatic carbocycles. The van der Waals surface area contributed by atoms with E-state index in [1.54, 1.807) is 12.3 Å². The Morgan fingerprint density at radius 2 is 1.28 bits per heavy atom. The minimum absolute atomic E-state index is 0.105. The first kappa shape index (κ1) is 41.5. The maximum Gasteiger partial charge on any atom is 0.339 e. The number of benzene rings is 2. The summed E-state index contributed by atoms with van der Waals surface area (Å²) < 4.78 is 11.6. The number of ether oxygens (including phenoxy) is 2. The molecule has 2 saturated carbocycles. The first-order valence-electron chi connectivity index (χ1n) is 20.2. The number of esters is 2. The van der Waals surface area contributed by atoms with Crippen LogP contribution in [0.3, 0.4) is 0 Å². The number of carboxylic acid groups (broad SMARTS) is 1. The van der Waals surface area contributed by atoms with E-state index in [1.807, 2.05) is 79.2 Å². The fraction of sp³-hybridized carbons (Fsp3) is 0.292. The molecule has 5 heterocycles. The lowest BCUT2D eigenvalue weighted by Crippen LogP contribution is -2.32. The van der Waals surface area contributed by atoms with E-state index in [0.717, 1.165) is 85.5 Å². The molecule has 5 aromatic rings. The third-order valence-corrected chi connectivity index (χ3v) is 13.6. The highest BCUT2D eigenvalue weighted by Gasteiger charge is 2.43. The molecular weight excluding hydrogens is 811 g/mol. The van der Waals surface area contributed by atoms with E-state index in [-0.39, 0.29) is 30.0 Å². The molecule has 2 atom stereocenters. The number of dihydropyridines is 2. The predicted molar refractivity (Wildman–Crippen MR) is 235 cm³/mol. The predicted octanol–water partition coefficient (Wildman–Crippen LogP) is 9.24.